The summed E-state index contributed by atoms with van der Waals surface area (Å²) in [6, 6.07) is 0. The topological polar surface area (TPSA) is 119 Å². The smallest absolute Gasteiger partial charge is 0.372 e. The van der Waals surface area contributed by atoms with E-state index in [1.165, 1.54) is 9.13 Å². The summed E-state index contributed by atoms with van der Waals surface area (Å²) in [5.41, 5.74) is -1.08. The molecule has 0 saturated carbocycles. The van der Waals surface area contributed by atoms with Gasteiger partial charge >= 0.3 is 11.7 Å². The quantitative estimate of drug-likeness (QED) is 0.703. The number of ether oxygens (including phenoxy) is 1. The van der Waals surface area contributed by atoms with Crippen molar-refractivity contribution in [3.8, 4) is 0 Å². The summed E-state index contributed by atoms with van der Waals surface area (Å²) in [7, 11) is 1.54. The number of hydrogen-bond donors (Lipinski definition) is 2. The van der Waals surface area contributed by atoms with Crippen molar-refractivity contribution in [2.45, 2.75) is 26.4 Å². The van der Waals surface area contributed by atoms with Gasteiger partial charge in [0, 0.05) is 26.8 Å². The second kappa shape index (κ2) is 5.92. The lowest BCUT2D eigenvalue weighted by molar-refractivity contribution is 0.0679. The summed E-state index contributed by atoms with van der Waals surface area (Å²) in [5, 5.41) is 9.16. The first-order valence-electron chi connectivity index (χ1n) is 6.46. The zero-order valence-corrected chi connectivity index (χ0v) is 11.8. The molecule has 0 amide bonds. The molecule has 9 nitrogen and oxygen atoms in total. The Balaban J connectivity index is 2.72. The first-order chi connectivity index (χ1) is 10.0. The Kier molecular flexibility index (Phi) is 4.22. The van der Waals surface area contributed by atoms with E-state index < -0.39 is 17.2 Å². The Morgan fingerprint density at radius 3 is 2.67 bits per heavy atom. The van der Waals surface area contributed by atoms with Gasteiger partial charge in [0.1, 0.15) is 0 Å². The molecule has 0 aliphatic carbocycles. The highest BCUT2D eigenvalue weighted by Gasteiger charge is 2.21. The number of fused-ring (bicyclic) bond motifs is 1. The van der Waals surface area contributed by atoms with Crippen LogP contribution in [0.15, 0.2) is 9.59 Å². The van der Waals surface area contributed by atoms with Gasteiger partial charge in [0.25, 0.3) is 5.56 Å². The first kappa shape index (κ1) is 15.0. The predicted molar refractivity (Wildman–Crippen MR) is 73.7 cm³/mol. The third kappa shape index (κ3) is 2.59. The highest BCUT2D eigenvalue weighted by atomic mass is 16.5. The van der Waals surface area contributed by atoms with Crippen LogP contribution in [0, 0.1) is 0 Å². The SMILES string of the molecule is CCn1c(C(=O)O)nc2c1c(=O)[nH]c(=O)n2CCCOC. The van der Waals surface area contributed by atoms with Crippen molar-refractivity contribution in [2.24, 2.45) is 0 Å². The van der Waals surface area contributed by atoms with Gasteiger partial charge in [0.15, 0.2) is 11.2 Å². The predicted octanol–water partition coefficient (Wildman–Crippen LogP) is -0.359. The zero-order valence-electron chi connectivity index (χ0n) is 11.8. The Morgan fingerprint density at radius 2 is 2.10 bits per heavy atom. The molecule has 2 N–H and O–H groups in total. The largest absolute Gasteiger partial charge is 0.475 e. The molecule has 2 aromatic heterocycles. The highest BCUT2D eigenvalue weighted by molar-refractivity contribution is 5.88. The van der Waals surface area contributed by atoms with Crippen LogP contribution in [-0.2, 0) is 17.8 Å². The minimum absolute atomic E-state index is 0.0825. The van der Waals surface area contributed by atoms with Crippen molar-refractivity contribution in [1.29, 1.82) is 0 Å². The Bertz CT molecular complexity index is 785. The molecular weight excluding hydrogens is 280 g/mol. The summed E-state index contributed by atoms with van der Waals surface area (Å²) in [6.45, 7) is 2.68. The van der Waals surface area contributed by atoms with E-state index in [-0.39, 0.29) is 30.1 Å². The highest BCUT2D eigenvalue weighted by Crippen LogP contribution is 2.11. The number of nitrogens with one attached hydrogen (secondary N) is 1. The average molecular weight is 296 g/mol. The molecule has 2 heterocycles. The molecule has 0 saturated heterocycles. The minimum atomic E-state index is -1.25. The van der Waals surface area contributed by atoms with Gasteiger partial charge in [-0.05, 0) is 13.3 Å². The third-order valence-corrected chi connectivity index (χ3v) is 3.12. The van der Waals surface area contributed by atoms with Gasteiger partial charge in [-0.3, -0.25) is 14.3 Å². The number of aromatic amines is 1. The molecule has 0 fully saturated rings. The van der Waals surface area contributed by atoms with Gasteiger partial charge in [0.05, 0.1) is 0 Å². The number of aromatic nitrogens is 4. The van der Waals surface area contributed by atoms with E-state index in [0.29, 0.717) is 13.0 Å². The molecule has 114 valence electrons. The Morgan fingerprint density at radius 1 is 1.38 bits per heavy atom. The van der Waals surface area contributed by atoms with Gasteiger partial charge < -0.3 is 14.4 Å². The van der Waals surface area contributed by atoms with Crippen LogP contribution in [0.25, 0.3) is 11.2 Å². The zero-order chi connectivity index (χ0) is 15.6. The van der Waals surface area contributed by atoms with Gasteiger partial charge in [0.2, 0.25) is 5.82 Å². The van der Waals surface area contributed by atoms with E-state index in [1.807, 2.05) is 0 Å². The molecular formula is C12H16N4O5. The number of nitrogens with zero attached hydrogens (tertiary/aromatic N) is 3. The van der Waals surface area contributed by atoms with Crippen molar-refractivity contribution in [1.82, 2.24) is 19.1 Å². The molecule has 9 heteroatoms. The molecule has 0 atom stereocenters. The van der Waals surface area contributed by atoms with Crippen LogP contribution < -0.4 is 11.2 Å². The molecule has 2 aromatic rings. The number of aryl methyl sites for hydroxylation is 2. The molecule has 0 spiro atoms. The maximum absolute atomic E-state index is 12.0. The summed E-state index contributed by atoms with van der Waals surface area (Å²) in [4.78, 5) is 41.2. The lowest BCUT2D eigenvalue weighted by Gasteiger charge is -2.06. The molecule has 0 aromatic carbocycles. The molecule has 0 aliphatic heterocycles. The fraction of sp³-hybridized carbons (Fsp3) is 0.500. The van der Waals surface area contributed by atoms with E-state index in [1.54, 1.807) is 14.0 Å². The van der Waals surface area contributed by atoms with Crippen LogP contribution in [0.5, 0.6) is 0 Å². The lowest BCUT2D eigenvalue weighted by Crippen LogP contribution is -2.31. The summed E-state index contributed by atoms with van der Waals surface area (Å²) in [6.07, 6.45) is 0.541. The maximum Gasteiger partial charge on any atom is 0.372 e. The lowest BCUT2D eigenvalue weighted by atomic mass is 10.4. The van der Waals surface area contributed by atoms with Crippen LogP contribution in [0.4, 0.5) is 0 Å². The molecule has 0 unspecified atom stereocenters. The van der Waals surface area contributed by atoms with Crippen LogP contribution in [-0.4, -0.2) is 43.9 Å². The van der Waals surface area contributed by atoms with Gasteiger partial charge in [-0.25, -0.2) is 14.6 Å². The van der Waals surface area contributed by atoms with Crippen molar-refractivity contribution in [2.75, 3.05) is 13.7 Å². The van der Waals surface area contributed by atoms with Gasteiger partial charge in [-0.2, -0.15) is 0 Å². The van der Waals surface area contributed by atoms with Crippen molar-refractivity contribution in [3.63, 3.8) is 0 Å². The summed E-state index contributed by atoms with van der Waals surface area (Å²) >= 11 is 0. The van der Waals surface area contributed by atoms with E-state index in [9.17, 15) is 14.4 Å². The number of carboxylic acid groups (broad SMARTS) is 1. The van der Waals surface area contributed by atoms with Gasteiger partial charge in [-0.1, -0.05) is 0 Å². The van der Waals surface area contributed by atoms with Crippen LogP contribution in [0.1, 0.15) is 24.0 Å². The molecule has 0 bridgehead atoms. The van der Waals surface area contributed by atoms with E-state index in [2.05, 4.69) is 9.97 Å². The normalized spacial score (nSPS) is 11.1. The Hall–Kier alpha value is -2.42. The second-order valence-corrected chi connectivity index (χ2v) is 4.41. The fourth-order valence-electron chi connectivity index (χ4n) is 2.22. The summed E-state index contributed by atoms with van der Waals surface area (Å²) in [5.74, 6) is -1.51. The Labute approximate surface area is 118 Å². The average Bonchev–Trinajstić information content (AvgIpc) is 2.82. The van der Waals surface area contributed by atoms with Crippen molar-refractivity contribution < 1.29 is 14.6 Å². The number of hydrogen-bond acceptors (Lipinski definition) is 5. The number of carboxylic acids is 1. The maximum atomic E-state index is 12.0. The second-order valence-electron chi connectivity index (χ2n) is 4.41. The van der Waals surface area contributed by atoms with Crippen LogP contribution >= 0.6 is 0 Å². The first-order valence-corrected chi connectivity index (χ1v) is 6.46. The molecule has 2 rings (SSSR count). The number of methoxy groups -OCH3 is 1. The van der Waals surface area contributed by atoms with Crippen LogP contribution in [0.3, 0.4) is 0 Å². The molecule has 21 heavy (non-hydrogen) atoms. The molecule has 0 radical (unpaired) electrons. The monoisotopic (exact) mass is 296 g/mol. The van der Waals surface area contributed by atoms with Crippen molar-refractivity contribution in [3.05, 3.63) is 26.7 Å². The molecule has 0 aliphatic rings. The van der Waals surface area contributed by atoms with E-state index >= 15 is 0 Å². The minimum Gasteiger partial charge on any atom is -0.475 e. The number of rotatable bonds is 6. The number of aromatic carboxylic acids is 1. The van der Waals surface area contributed by atoms with Crippen LogP contribution in [0.2, 0.25) is 0 Å². The van der Waals surface area contributed by atoms with E-state index in [0.717, 1.165) is 0 Å². The number of carbonyl (C=O) groups is 1. The van der Waals surface area contributed by atoms with E-state index in [4.69, 9.17) is 9.84 Å². The van der Waals surface area contributed by atoms with Gasteiger partial charge in [-0.15, -0.1) is 0 Å². The standard InChI is InChI=1S/C12H16N4O5/c1-3-15-7-8(13-9(15)11(18)19)16(5-4-6-21-2)12(20)14-10(7)17/h3-6H2,1-2H3,(H,18,19)(H,14,17,20). The fourth-order valence-corrected chi connectivity index (χ4v) is 2.22. The van der Waals surface area contributed by atoms with Crippen molar-refractivity contribution >= 4 is 17.1 Å². The number of H-pyrrole nitrogens is 1. The number of imidazole rings is 1. The third-order valence-electron chi connectivity index (χ3n) is 3.12. The summed E-state index contributed by atoms with van der Waals surface area (Å²) < 4.78 is 7.46.